The number of nitrogens with zero attached hydrogens (tertiary/aromatic N) is 1. The van der Waals surface area contributed by atoms with Crippen LogP contribution in [-0.2, 0) is 9.59 Å². The molecule has 9 nitrogen and oxygen atoms in total. The molecule has 0 radical (unpaired) electrons. The van der Waals surface area contributed by atoms with Gasteiger partial charge in [-0.25, -0.2) is 0 Å². The number of aliphatic hydroxyl groups is 1. The fourth-order valence-corrected chi connectivity index (χ4v) is 4.49. The van der Waals surface area contributed by atoms with Gasteiger partial charge in [0.25, 0.3) is 11.7 Å². The third-order valence-corrected chi connectivity index (χ3v) is 6.31. The summed E-state index contributed by atoms with van der Waals surface area (Å²) < 4.78 is 21.7. The molecule has 0 bridgehead atoms. The maximum atomic E-state index is 13.4. The van der Waals surface area contributed by atoms with E-state index in [1.54, 1.807) is 37.4 Å². The van der Waals surface area contributed by atoms with Crippen molar-refractivity contribution < 1.29 is 38.5 Å². The lowest BCUT2D eigenvalue weighted by atomic mass is 9.93. The first kappa shape index (κ1) is 26.9. The van der Waals surface area contributed by atoms with Crippen LogP contribution in [0.4, 0.5) is 0 Å². The number of methoxy groups -OCH3 is 4. The second kappa shape index (κ2) is 11.3. The van der Waals surface area contributed by atoms with Gasteiger partial charge in [0.2, 0.25) is 5.75 Å². The number of aryl methyl sites for hydroxylation is 1. The Morgan fingerprint density at radius 1 is 0.972 bits per heavy atom. The zero-order chi connectivity index (χ0) is 26.6. The van der Waals surface area contributed by atoms with Crippen molar-refractivity contribution in [3.05, 3.63) is 52.6 Å². The van der Waals surface area contributed by atoms with Crippen LogP contribution in [0.3, 0.4) is 0 Å². The molecule has 9 heteroatoms. The van der Waals surface area contributed by atoms with E-state index < -0.39 is 17.7 Å². The van der Waals surface area contributed by atoms with Crippen LogP contribution in [0.1, 0.15) is 29.2 Å². The standard InChI is InChI=1S/C27H34N2O7/c1-16-13-18(33-4)9-10-19(16)24(30)22-23(29(27(32)25(22)31)12-8-11-28(2)3)17-14-20(34-5)26(36-7)21(15-17)35-6/h9-10,13-15,23,30H,8,11-12H2,1-7H3/p+1. The Hall–Kier alpha value is -3.72. The first-order chi connectivity index (χ1) is 17.2. The van der Waals surface area contributed by atoms with Gasteiger partial charge in [-0.1, -0.05) is 0 Å². The molecule has 1 saturated heterocycles. The number of likely N-dealkylation sites (tertiary alicyclic amines) is 1. The van der Waals surface area contributed by atoms with Gasteiger partial charge in [-0.2, -0.15) is 0 Å². The number of rotatable bonds is 10. The van der Waals surface area contributed by atoms with Crippen LogP contribution >= 0.6 is 0 Å². The van der Waals surface area contributed by atoms with Crippen molar-refractivity contribution in [3.8, 4) is 23.0 Å². The average molecular weight is 500 g/mol. The number of nitrogens with one attached hydrogen (secondary N) is 1. The maximum Gasteiger partial charge on any atom is 0.295 e. The monoisotopic (exact) mass is 499 g/mol. The molecule has 0 saturated carbocycles. The van der Waals surface area contributed by atoms with E-state index in [1.807, 2.05) is 21.0 Å². The molecule has 1 aliphatic rings. The number of hydrogen-bond acceptors (Lipinski definition) is 7. The molecular formula is C27H35N2O7+. The molecule has 1 fully saturated rings. The molecule has 36 heavy (non-hydrogen) atoms. The first-order valence-corrected chi connectivity index (χ1v) is 11.7. The molecule has 1 aliphatic heterocycles. The van der Waals surface area contributed by atoms with Crippen LogP contribution < -0.4 is 23.8 Å². The van der Waals surface area contributed by atoms with Gasteiger partial charge >= 0.3 is 0 Å². The smallest absolute Gasteiger partial charge is 0.295 e. The first-order valence-electron chi connectivity index (χ1n) is 11.7. The molecule has 1 unspecified atom stereocenters. The Labute approximate surface area is 211 Å². The van der Waals surface area contributed by atoms with Crippen LogP contribution in [-0.4, -0.2) is 77.3 Å². The normalized spacial score (nSPS) is 17.0. The van der Waals surface area contributed by atoms with Crippen LogP contribution in [0.5, 0.6) is 23.0 Å². The third kappa shape index (κ3) is 5.11. The number of hydrogen-bond donors (Lipinski definition) is 2. The zero-order valence-corrected chi connectivity index (χ0v) is 21.9. The fourth-order valence-electron chi connectivity index (χ4n) is 4.49. The largest absolute Gasteiger partial charge is 0.507 e. The van der Waals surface area contributed by atoms with Gasteiger partial charge in [-0.15, -0.1) is 0 Å². The fraction of sp³-hybridized carbons (Fsp3) is 0.407. The van der Waals surface area contributed by atoms with Crippen molar-refractivity contribution in [3.63, 3.8) is 0 Å². The van der Waals surface area contributed by atoms with Crippen molar-refractivity contribution in [2.45, 2.75) is 19.4 Å². The number of Topliss-reactive ketones (excluding diaryl/α,β-unsaturated/α-hetero) is 1. The van der Waals surface area contributed by atoms with Crippen molar-refractivity contribution >= 4 is 17.4 Å². The molecular weight excluding hydrogens is 464 g/mol. The molecule has 1 amide bonds. The van der Waals surface area contributed by atoms with E-state index >= 15 is 0 Å². The Balaban J connectivity index is 2.24. The summed E-state index contributed by atoms with van der Waals surface area (Å²) in [5.41, 5.74) is 1.73. The zero-order valence-electron chi connectivity index (χ0n) is 21.9. The van der Waals surface area contributed by atoms with E-state index in [0.717, 1.165) is 6.54 Å². The van der Waals surface area contributed by atoms with E-state index in [1.165, 1.54) is 31.1 Å². The lowest BCUT2D eigenvalue weighted by molar-refractivity contribution is -0.858. The molecule has 2 N–H and O–H groups in total. The Kier molecular flexibility index (Phi) is 8.47. The summed E-state index contributed by atoms with van der Waals surface area (Å²) in [5, 5.41) is 11.4. The average Bonchev–Trinajstić information content (AvgIpc) is 3.12. The molecule has 3 rings (SSSR count). The molecule has 2 aromatic carbocycles. The molecule has 0 aliphatic carbocycles. The van der Waals surface area contributed by atoms with Gasteiger partial charge in [0, 0.05) is 18.5 Å². The highest BCUT2D eigenvalue weighted by Gasteiger charge is 2.46. The lowest BCUT2D eigenvalue weighted by Gasteiger charge is -2.27. The highest BCUT2D eigenvalue weighted by molar-refractivity contribution is 6.46. The number of benzene rings is 2. The SMILES string of the molecule is COc1ccc(C(O)=C2C(=O)C(=O)N(CCC[NH+](C)C)C2c2cc(OC)c(OC)c(OC)c2)c(C)c1. The van der Waals surface area contributed by atoms with E-state index in [4.69, 9.17) is 18.9 Å². The molecule has 1 heterocycles. The highest BCUT2D eigenvalue weighted by Crippen LogP contribution is 2.46. The Morgan fingerprint density at radius 2 is 1.61 bits per heavy atom. The molecule has 0 aromatic heterocycles. The number of ketones is 1. The number of aliphatic hydroxyl groups excluding tert-OH is 1. The second-order valence-corrected chi connectivity index (χ2v) is 8.94. The van der Waals surface area contributed by atoms with Crippen molar-refractivity contribution in [2.75, 3.05) is 55.6 Å². The highest BCUT2D eigenvalue weighted by atomic mass is 16.5. The summed E-state index contributed by atoms with van der Waals surface area (Å²) in [5.74, 6) is 0.147. The summed E-state index contributed by atoms with van der Waals surface area (Å²) in [6.07, 6.45) is 0.678. The molecule has 194 valence electrons. The van der Waals surface area contributed by atoms with Crippen LogP contribution in [0.15, 0.2) is 35.9 Å². The van der Waals surface area contributed by atoms with E-state index in [0.29, 0.717) is 52.7 Å². The predicted molar refractivity (Wildman–Crippen MR) is 135 cm³/mol. The third-order valence-electron chi connectivity index (χ3n) is 6.31. The van der Waals surface area contributed by atoms with Crippen molar-refractivity contribution in [1.82, 2.24) is 4.90 Å². The molecule has 2 aromatic rings. The van der Waals surface area contributed by atoms with Gasteiger partial charge in [-0.3, -0.25) is 9.59 Å². The quantitative estimate of drug-likeness (QED) is 0.293. The van der Waals surface area contributed by atoms with Gasteiger partial charge in [0.1, 0.15) is 11.5 Å². The van der Waals surface area contributed by atoms with Gasteiger partial charge in [0.05, 0.1) is 60.7 Å². The number of ether oxygens (including phenoxy) is 4. The number of carbonyl (C=O) groups is 2. The van der Waals surface area contributed by atoms with Crippen LogP contribution in [0.25, 0.3) is 5.76 Å². The predicted octanol–water partition coefficient (Wildman–Crippen LogP) is 1.99. The molecule has 0 spiro atoms. The summed E-state index contributed by atoms with van der Waals surface area (Å²) >= 11 is 0. The summed E-state index contributed by atoms with van der Waals surface area (Å²) in [4.78, 5) is 29.3. The summed E-state index contributed by atoms with van der Waals surface area (Å²) in [6, 6.07) is 7.72. The van der Waals surface area contributed by atoms with E-state index in [9.17, 15) is 14.7 Å². The number of quaternary nitrogens is 1. The Morgan fingerprint density at radius 3 is 2.11 bits per heavy atom. The van der Waals surface area contributed by atoms with Crippen LogP contribution in [0.2, 0.25) is 0 Å². The number of carbonyl (C=O) groups excluding carboxylic acids is 2. The van der Waals surface area contributed by atoms with Gasteiger partial charge in [0.15, 0.2) is 11.5 Å². The second-order valence-electron chi connectivity index (χ2n) is 8.94. The van der Waals surface area contributed by atoms with Crippen molar-refractivity contribution in [2.24, 2.45) is 0 Å². The minimum Gasteiger partial charge on any atom is -0.507 e. The van der Waals surface area contributed by atoms with Crippen molar-refractivity contribution in [1.29, 1.82) is 0 Å². The van der Waals surface area contributed by atoms with Gasteiger partial charge in [-0.05, 0) is 48.4 Å². The summed E-state index contributed by atoms with van der Waals surface area (Å²) in [7, 11) is 10.1. The maximum absolute atomic E-state index is 13.4. The van der Waals surface area contributed by atoms with Gasteiger partial charge < -0.3 is 33.9 Å². The minimum atomic E-state index is -0.836. The topological polar surface area (TPSA) is 99.0 Å². The summed E-state index contributed by atoms with van der Waals surface area (Å²) in [6.45, 7) is 2.96. The molecule has 1 atom stereocenters. The lowest BCUT2D eigenvalue weighted by Crippen LogP contribution is -3.05. The number of amides is 1. The van der Waals surface area contributed by atoms with E-state index in [2.05, 4.69) is 0 Å². The Bertz CT molecular complexity index is 1150. The van der Waals surface area contributed by atoms with Crippen LogP contribution in [0, 0.1) is 6.92 Å². The van der Waals surface area contributed by atoms with E-state index in [-0.39, 0.29) is 11.3 Å². The minimum absolute atomic E-state index is 0.0136.